The Bertz CT molecular complexity index is 1410. The summed E-state index contributed by atoms with van der Waals surface area (Å²) in [4.78, 5) is 9.90. The van der Waals surface area contributed by atoms with Gasteiger partial charge in [-0.2, -0.15) is 5.26 Å². The number of hydrogen-bond acceptors (Lipinski definition) is 5. The molecule has 0 amide bonds. The predicted octanol–water partition coefficient (Wildman–Crippen LogP) is 5.74. The van der Waals surface area contributed by atoms with Gasteiger partial charge in [0.05, 0.1) is 0 Å². The Kier molecular flexibility index (Phi) is 6.37. The summed E-state index contributed by atoms with van der Waals surface area (Å²) >= 11 is 5.84. The van der Waals surface area contributed by atoms with Crippen LogP contribution in [0.25, 0.3) is 10.9 Å². The SMILES string of the molecule is Cc1c(CN2CCC(Nc3c(Oc4ccc(Cl)cc4F)ncn3C)CC2)ccc2[nH]c(C#N)cc12. The van der Waals surface area contributed by atoms with E-state index in [0.29, 0.717) is 16.6 Å². The lowest BCUT2D eigenvalue weighted by atomic mass is 10.0. The number of H-pyrrole nitrogens is 1. The fourth-order valence-electron chi connectivity index (χ4n) is 4.60. The van der Waals surface area contributed by atoms with Gasteiger partial charge in [0.2, 0.25) is 0 Å². The summed E-state index contributed by atoms with van der Waals surface area (Å²) in [6, 6.07) is 12.9. The Balaban J connectivity index is 1.22. The molecule has 7 nitrogen and oxygen atoms in total. The van der Waals surface area contributed by atoms with Crippen molar-refractivity contribution in [3.63, 3.8) is 0 Å². The standard InChI is InChI=1S/C26H26ClFN6O/c1-16-17(3-5-23-21(16)12-20(13-29)31-23)14-34-9-7-19(8-10-34)32-25-26(30-15-33(25)2)35-24-6-4-18(27)11-22(24)28/h3-6,11-12,15,19,31-32H,7-10,14H2,1-2H3. The Labute approximate surface area is 208 Å². The molecule has 35 heavy (non-hydrogen) atoms. The molecule has 3 heterocycles. The second-order valence-electron chi connectivity index (χ2n) is 8.99. The Hall–Kier alpha value is -3.54. The Morgan fingerprint density at radius 3 is 2.80 bits per heavy atom. The Morgan fingerprint density at radius 2 is 2.06 bits per heavy atom. The van der Waals surface area contributed by atoms with Crippen molar-refractivity contribution in [3.8, 4) is 17.7 Å². The van der Waals surface area contributed by atoms with Crippen LogP contribution in [0.2, 0.25) is 5.02 Å². The highest BCUT2D eigenvalue weighted by atomic mass is 35.5. The molecule has 180 valence electrons. The molecule has 4 aromatic rings. The first-order chi connectivity index (χ1) is 16.9. The summed E-state index contributed by atoms with van der Waals surface area (Å²) in [6.07, 6.45) is 3.58. The van der Waals surface area contributed by atoms with E-state index < -0.39 is 5.82 Å². The lowest BCUT2D eigenvalue weighted by molar-refractivity contribution is 0.210. The molecular weight excluding hydrogens is 467 g/mol. The summed E-state index contributed by atoms with van der Waals surface area (Å²) in [5.41, 5.74) is 4.08. The number of hydrogen-bond donors (Lipinski definition) is 2. The fourth-order valence-corrected chi connectivity index (χ4v) is 4.76. The number of imidazole rings is 1. The number of benzene rings is 2. The van der Waals surface area contributed by atoms with Crippen molar-refractivity contribution >= 4 is 28.3 Å². The molecule has 0 saturated carbocycles. The van der Waals surface area contributed by atoms with Crippen LogP contribution in [0, 0.1) is 24.1 Å². The number of nitriles is 1. The van der Waals surface area contributed by atoms with Gasteiger partial charge in [0.1, 0.15) is 18.1 Å². The van der Waals surface area contributed by atoms with Gasteiger partial charge in [-0.3, -0.25) is 4.90 Å². The Morgan fingerprint density at radius 1 is 1.26 bits per heavy atom. The maximum Gasteiger partial charge on any atom is 0.262 e. The normalized spacial score (nSPS) is 14.8. The van der Waals surface area contributed by atoms with E-state index >= 15 is 0 Å². The van der Waals surface area contributed by atoms with E-state index in [0.717, 1.165) is 49.2 Å². The highest BCUT2D eigenvalue weighted by Gasteiger charge is 2.23. The third kappa shape index (κ3) is 4.83. The topological polar surface area (TPSA) is 81.9 Å². The van der Waals surface area contributed by atoms with E-state index in [1.807, 2.05) is 17.7 Å². The van der Waals surface area contributed by atoms with E-state index in [4.69, 9.17) is 16.3 Å². The molecule has 1 saturated heterocycles. The van der Waals surface area contributed by atoms with Gasteiger partial charge in [-0.15, -0.1) is 0 Å². The second-order valence-corrected chi connectivity index (χ2v) is 9.42. The van der Waals surface area contributed by atoms with E-state index in [-0.39, 0.29) is 11.8 Å². The van der Waals surface area contributed by atoms with E-state index in [2.05, 4.69) is 45.3 Å². The molecule has 1 aliphatic heterocycles. The van der Waals surface area contributed by atoms with E-state index in [1.165, 1.54) is 23.3 Å². The molecule has 5 rings (SSSR count). The monoisotopic (exact) mass is 492 g/mol. The first-order valence-electron chi connectivity index (χ1n) is 11.6. The van der Waals surface area contributed by atoms with Crippen molar-refractivity contribution in [1.82, 2.24) is 19.4 Å². The van der Waals surface area contributed by atoms with Gasteiger partial charge in [0, 0.05) is 48.6 Å². The third-order valence-electron chi connectivity index (χ3n) is 6.63. The van der Waals surface area contributed by atoms with Crippen LogP contribution in [-0.2, 0) is 13.6 Å². The zero-order valence-corrected chi connectivity index (χ0v) is 20.4. The number of rotatable bonds is 6. The van der Waals surface area contributed by atoms with Gasteiger partial charge in [-0.05, 0) is 61.2 Å². The molecule has 2 aromatic carbocycles. The molecule has 0 aliphatic carbocycles. The molecule has 0 bridgehead atoms. The van der Waals surface area contributed by atoms with Crippen LogP contribution in [0.4, 0.5) is 10.2 Å². The lowest BCUT2D eigenvalue weighted by Gasteiger charge is -2.33. The minimum Gasteiger partial charge on any atom is -0.433 e. The highest BCUT2D eigenvalue weighted by molar-refractivity contribution is 6.30. The number of nitrogens with one attached hydrogen (secondary N) is 2. The van der Waals surface area contributed by atoms with Crippen LogP contribution in [0.1, 0.15) is 29.7 Å². The van der Waals surface area contributed by atoms with Crippen LogP contribution in [0.5, 0.6) is 11.6 Å². The number of piperidine rings is 1. The number of aryl methyl sites for hydroxylation is 2. The van der Waals surface area contributed by atoms with Crippen LogP contribution in [-0.4, -0.2) is 38.6 Å². The van der Waals surface area contributed by atoms with Crippen molar-refractivity contribution in [2.45, 2.75) is 32.4 Å². The first-order valence-corrected chi connectivity index (χ1v) is 11.9. The average molecular weight is 493 g/mol. The van der Waals surface area contributed by atoms with Crippen LogP contribution in [0.3, 0.4) is 0 Å². The molecule has 1 fully saturated rings. The quantitative estimate of drug-likeness (QED) is 0.358. The highest BCUT2D eigenvalue weighted by Crippen LogP contribution is 2.32. The van der Waals surface area contributed by atoms with Gasteiger partial charge in [-0.25, -0.2) is 9.37 Å². The smallest absolute Gasteiger partial charge is 0.262 e. The van der Waals surface area contributed by atoms with Crippen molar-refractivity contribution in [2.75, 3.05) is 18.4 Å². The zero-order chi connectivity index (χ0) is 24.5. The number of fused-ring (bicyclic) bond motifs is 1. The molecule has 2 N–H and O–H groups in total. The maximum atomic E-state index is 14.2. The predicted molar refractivity (Wildman–Crippen MR) is 134 cm³/mol. The second kappa shape index (κ2) is 9.61. The minimum atomic E-state index is -0.528. The van der Waals surface area contributed by atoms with Gasteiger partial charge in [0.15, 0.2) is 17.4 Å². The number of halogens is 2. The van der Waals surface area contributed by atoms with Crippen molar-refractivity contribution in [1.29, 1.82) is 5.26 Å². The van der Waals surface area contributed by atoms with E-state index in [1.54, 1.807) is 12.4 Å². The van der Waals surface area contributed by atoms with Gasteiger partial charge < -0.3 is 19.6 Å². The summed E-state index contributed by atoms with van der Waals surface area (Å²) in [6.45, 7) is 4.89. The van der Waals surface area contributed by atoms with Crippen LogP contribution >= 0.6 is 11.6 Å². The summed E-state index contributed by atoms with van der Waals surface area (Å²) in [5.74, 6) is 0.616. The van der Waals surface area contributed by atoms with Crippen molar-refractivity contribution in [2.24, 2.45) is 7.05 Å². The third-order valence-corrected chi connectivity index (χ3v) is 6.87. The number of ether oxygens (including phenoxy) is 1. The summed E-state index contributed by atoms with van der Waals surface area (Å²) in [5, 5.41) is 14.1. The fraction of sp³-hybridized carbons (Fsp3) is 0.308. The molecule has 0 radical (unpaired) electrons. The van der Waals surface area contributed by atoms with Gasteiger partial charge in [-0.1, -0.05) is 17.7 Å². The molecule has 0 unspecified atom stereocenters. The summed E-state index contributed by atoms with van der Waals surface area (Å²) in [7, 11) is 1.88. The maximum absolute atomic E-state index is 14.2. The zero-order valence-electron chi connectivity index (χ0n) is 19.6. The molecular formula is C26H26ClFN6O. The molecule has 2 aromatic heterocycles. The molecule has 1 aliphatic rings. The van der Waals surface area contributed by atoms with Gasteiger partial charge in [0.25, 0.3) is 5.88 Å². The molecule has 0 spiro atoms. The number of anilines is 1. The van der Waals surface area contributed by atoms with E-state index in [9.17, 15) is 9.65 Å². The number of nitrogens with zero attached hydrogens (tertiary/aromatic N) is 4. The van der Waals surface area contributed by atoms with Crippen molar-refractivity contribution in [3.05, 3.63) is 70.4 Å². The minimum absolute atomic E-state index is 0.0858. The lowest BCUT2D eigenvalue weighted by Crippen LogP contribution is -2.39. The average Bonchev–Trinajstić information content (AvgIpc) is 3.43. The van der Waals surface area contributed by atoms with Crippen LogP contribution in [0.15, 0.2) is 42.7 Å². The first kappa shape index (κ1) is 23.2. The number of aromatic nitrogens is 3. The molecule has 9 heteroatoms. The number of likely N-dealkylation sites (tertiary alicyclic amines) is 1. The summed E-state index contributed by atoms with van der Waals surface area (Å²) < 4.78 is 21.8. The molecule has 0 atom stereocenters. The van der Waals surface area contributed by atoms with Crippen molar-refractivity contribution < 1.29 is 9.13 Å². The largest absolute Gasteiger partial charge is 0.433 e. The number of aromatic amines is 1. The van der Waals surface area contributed by atoms with Gasteiger partial charge >= 0.3 is 0 Å². The van der Waals surface area contributed by atoms with Crippen LogP contribution < -0.4 is 10.1 Å².